The summed E-state index contributed by atoms with van der Waals surface area (Å²) in [7, 11) is 3.97. The Morgan fingerprint density at radius 3 is 2.90 bits per heavy atom. The lowest BCUT2D eigenvalue weighted by Crippen LogP contribution is -2.28. The van der Waals surface area contributed by atoms with E-state index < -0.39 is 0 Å². The van der Waals surface area contributed by atoms with Crippen molar-refractivity contribution in [2.24, 2.45) is 0 Å². The van der Waals surface area contributed by atoms with Crippen molar-refractivity contribution in [2.45, 2.75) is 6.42 Å². The summed E-state index contributed by atoms with van der Waals surface area (Å²) in [6.07, 6.45) is 1.04. The SMILES string of the molecule is CN(C)CCOc1ccc(N2CCCNCC2)c(F)c1. The van der Waals surface area contributed by atoms with Crippen molar-refractivity contribution in [3.05, 3.63) is 24.0 Å². The average Bonchev–Trinajstić information content (AvgIpc) is 2.67. The van der Waals surface area contributed by atoms with Gasteiger partial charge in [0.2, 0.25) is 0 Å². The first kappa shape index (κ1) is 15.1. The van der Waals surface area contributed by atoms with Gasteiger partial charge >= 0.3 is 0 Å². The molecular weight excluding hydrogens is 257 g/mol. The fourth-order valence-electron chi connectivity index (χ4n) is 2.27. The Bertz CT molecular complexity index is 418. The normalized spacial score (nSPS) is 16.3. The molecule has 0 bridgehead atoms. The van der Waals surface area contributed by atoms with Gasteiger partial charge in [0, 0.05) is 32.2 Å². The first-order valence-corrected chi connectivity index (χ1v) is 7.19. The number of hydrogen-bond acceptors (Lipinski definition) is 4. The van der Waals surface area contributed by atoms with Crippen LogP contribution >= 0.6 is 0 Å². The highest BCUT2D eigenvalue weighted by molar-refractivity contribution is 5.50. The molecule has 1 heterocycles. The van der Waals surface area contributed by atoms with Crippen molar-refractivity contribution in [1.82, 2.24) is 10.2 Å². The summed E-state index contributed by atoms with van der Waals surface area (Å²) in [5, 5.41) is 3.32. The van der Waals surface area contributed by atoms with Gasteiger partial charge in [0.05, 0.1) is 5.69 Å². The molecule has 20 heavy (non-hydrogen) atoms. The van der Waals surface area contributed by atoms with Crippen molar-refractivity contribution in [2.75, 3.05) is 58.3 Å². The summed E-state index contributed by atoms with van der Waals surface area (Å²) in [6, 6.07) is 5.17. The minimum Gasteiger partial charge on any atom is -0.492 e. The van der Waals surface area contributed by atoms with Gasteiger partial charge in [0.1, 0.15) is 18.2 Å². The molecule has 1 saturated heterocycles. The van der Waals surface area contributed by atoms with Gasteiger partial charge in [-0.05, 0) is 39.2 Å². The van der Waals surface area contributed by atoms with Crippen LogP contribution in [0.15, 0.2) is 18.2 Å². The van der Waals surface area contributed by atoms with Crippen molar-refractivity contribution >= 4 is 5.69 Å². The molecule has 0 unspecified atom stereocenters. The lowest BCUT2D eigenvalue weighted by atomic mass is 10.2. The summed E-state index contributed by atoms with van der Waals surface area (Å²) >= 11 is 0. The summed E-state index contributed by atoms with van der Waals surface area (Å²) in [5.74, 6) is 0.398. The maximum atomic E-state index is 14.2. The van der Waals surface area contributed by atoms with Gasteiger partial charge < -0.3 is 19.9 Å². The molecule has 0 radical (unpaired) electrons. The van der Waals surface area contributed by atoms with Crippen LogP contribution in [-0.2, 0) is 0 Å². The van der Waals surface area contributed by atoms with E-state index in [9.17, 15) is 4.39 Å². The smallest absolute Gasteiger partial charge is 0.150 e. The predicted octanol–water partition coefficient (Wildman–Crippen LogP) is 1.57. The van der Waals surface area contributed by atoms with Gasteiger partial charge in [-0.15, -0.1) is 0 Å². The van der Waals surface area contributed by atoms with E-state index in [1.807, 2.05) is 31.1 Å². The third-order valence-corrected chi connectivity index (χ3v) is 3.41. The third kappa shape index (κ3) is 4.35. The van der Waals surface area contributed by atoms with Crippen LogP contribution in [0.1, 0.15) is 6.42 Å². The Labute approximate surface area is 120 Å². The molecule has 0 spiro atoms. The second-order valence-electron chi connectivity index (χ2n) is 5.36. The summed E-state index contributed by atoms with van der Waals surface area (Å²) in [4.78, 5) is 4.13. The number of rotatable bonds is 5. The Morgan fingerprint density at radius 1 is 1.30 bits per heavy atom. The molecule has 0 saturated carbocycles. The molecule has 1 aliphatic heterocycles. The standard InChI is InChI=1S/C15H24FN3O/c1-18(2)10-11-20-13-4-5-15(14(16)12-13)19-8-3-6-17-7-9-19/h4-5,12,17H,3,6-11H2,1-2H3. The number of benzene rings is 1. The summed E-state index contributed by atoms with van der Waals surface area (Å²) in [6.45, 7) is 5.04. The largest absolute Gasteiger partial charge is 0.492 e. The molecule has 1 fully saturated rings. The third-order valence-electron chi connectivity index (χ3n) is 3.41. The first-order valence-electron chi connectivity index (χ1n) is 7.19. The van der Waals surface area contributed by atoms with Crippen molar-refractivity contribution in [3.8, 4) is 5.75 Å². The van der Waals surface area contributed by atoms with Gasteiger partial charge in [-0.1, -0.05) is 0 Å². The molecule has 4 nitrogen and oxygen atoms in total. The van der Waals surface area contributed by atoms with Gasteiger partial charge in [-0.3, -0.25) is 0 Å². The van der Waals surface area contributed by atoms with Crippen LogP contribution in [0, 0.1) is 5.82 Å². The molecule has 112 valence electrons. The molecular formula is C15H24FN3O. The molecule has 0 amide bonds. The minimum absolute atomic E-state index is 0.200. The number of nitrogens with one attached hydrogen (secondary N) is 1. The van der Waals surface area contributed by atoms with Gasteiger partial charge in [-0.25, -0.2) is 4.39 Å². The average molecular weight is 281 g/mol. The lowest BCUT2D eigenvalue weighted by Gasteiger charge is -2.23. The maximum Gasteiger partial charge on any atom is 0.150 e. The summed E-state index contributed by atoms with van der Waals surface area (Å²) in [5.41, 5.74) is 0.675. The van der Waals surface area contributed by atoms with E-state index >= 15 is 0 Å². The van der Waals surface area contributed by atoms with E-state index in [0.29, 0.717) is 18.0 Å². The number of ether oxygens (including phenoxy) is 1. The van der Waals surface area contributed by atoms with Crippen LogP contribution in [0.4, 0.5) is 10.1 Å². The first-order chi connectivity index (χ1) is 9.66. The molecule has 1 aromatic rings. The van der Waals surface area contributed by atoms with Crippen LogP contribution in [0.3, 0.4) is 0 Å². The van der Waals surface area contributed by atoms with E-state index in [0.717, 1.165) is 39.1 Å². The van der Waals surface area contributed by atoms with Crippen molar-refractivity contribution in [3.63, 3.8) is 0 Å². The second kappa shape index (κ2) is 7.45. The fourth-order valence-corrected chi connectivity index (χ4v) is 2.27. The zero-order valence-corrected chi connectivity index (χ0v) is 12.4. The zero-order valence-electron chi connectivity index (χ0n) is 12.4. The Kier molecular flexibility index (Phi) is 5.61. The topological polar surface area (TPSA) is 27.7 Å². The van der Waals surface area contributed by atoms with E-state index in [1.165, 1.54) is 6.07 Å². The van der Waals surface area contributed by atoms with E-state index in [-0.39, 0.29) is 5.82 Å². The summed E-state index contributed by atoms with van der Waals surface area (Å²) < 4.78 is 19.8. The highest BCUT2D eigenvalue weighted by atomic mass is 19.1. The van der Waals surface area contributed by atoms with Gasteiger partial charge in [-0.2, -0.15) is 0 Å². The molecule has 0 atom stereocenters. The Hall–Kier alpha value is -1.33. The maximum absolute atomic E-state index is 14.2. The minimum atomic E-state index is -0.200. The van der Waals surface area contributed by atoms with Crippen LogP contribution in [0.25, 0.3) is 0 Å². The fraction of sp³-hybridized carbons (Fsp3) is 0.600. The zero-order chi connectivity index (χ0) is 14.4. The number of hydrogen-bond donors (Lipinski definition) is 1. The Morgan fingerprint density at radius 2 is 2.15 bits per heavy atom. The van der Waals surface area contributed by atoms with Crippen molar-refractivity contribution in [1.29, 1.82) is 0 Å². The van der Waals surface area contributed by atoms with Gasteiger partial charge in [0.25, 0.3) is 0 Å². The number of nitrogens with zero attached hydrogens (tertiary/aromatic N) is 2. The lowest BCUT2D eigenvalue weighted by molar-refractivity contribution is 0.260. The van der Waals surface area contributed by atoms with Crippen LogP contribution in [0.5, 0.6) is 5.75 Å². The molecule has 1 aromatic carbocycles. The number of halogens is 1. The molecule has 1 N–H and O–H groups in total. The van der Waals surface area contributed by atoms with Crippen LogP contribution in [0.2, 0.25) is 0 Å². The van der Waals surface area contributed by atoms with E-state index in [2.05, 4.69) is 10.2 Å². The quantitative estimate of drug-likeness (QED) is 0.886. The Balaban J connectivity index is 1.97. The number of likely N-dealkylation sites (N-methyl/N-ethyl adjacent to an activating group) is 1. The highest BCUT2D eigenvalue weighted by Crippen LogP contribution is 2.24. The molecule has 5 heteroatoms. The highest BCUT2D eigenvalue weighted by Gasteiger charge is 2.14. The molecule has 1 aliphatic rings. The van der Waals surface area contributed by atoms with Crippen LogP contribution < -0.4 is 15.0 Å². The van der Waals surface area contributed by atoms with E-state index in [1.54, 1.807) is 0 Å². The molecule has 2 rings (SSSR count). The number of anilines is 1. The van der Waals surface area contributed by atoms with Crippen LogP contribution in [-0.4, -0.2) is 58.3 Å². The predicted molar refractivity (Wildman–Crippen MR) is 80.1 cm³/mol. The second-order valence-corrected chi connectivity index (χ2v) is 5.36. The van der Waals surface area contributed by atoms with Gasteiger partial charge in [0.15, 0.2) is 0 Å². The van der Waals surface area contributed by atoms with Crippen molar-refractivity contribution < 1.29 is 9.13 Å². The molecule has 0 aromatic heterocycles. The molecule has 0 aliphatic carbocycles. The van der Waals surface area contributed by atoms with E-state index in [4.69, 9.17) is 4.74 Å². The monoisotopic (exact) mass is 281 g/mol.